The highest BCUT2D eigenvalue weighted by Gasteiger charge is 2.24. The molecule has 1 aliphatic carbocycles. The fourth-order valence-electron chi connectivity index (χ4n) is 2.34. The third kappa shape index (κ3) is 5.44. The van der Waals surface area contributed by atoms with Gasteiger partial charge in [-0.05, 0) is 56.0 Å². The van der Waals surface area contributed by atoms with Crippen molar-refractivity contribution < 1.29 is 4.79 Å². The topological polar surface area (TPSA) is 58.4 Å². The summed E-state index contributed by atoms with van der Waals surface area (Å²) in [5.41, 5.74) is 7.14. The van der Waals surface area contributed by atoms with Gasteiger partial charge in [-0.15, -0.1) is 0 Å². The summed E-state index contributed by atoms with van der Waals surface area (Å²) < 4.78 is 0. The van der Waals surface area contributed by atoms with E-state index in [2.05, 4.69) is 17.1 Å². The summed E-state index contributed by atoms with van der Waals surface area (Å²) in [7, 11) is 0. The van der Waals surface area contributed by atoms with Crippen LogP contribution in [0.5, 0.6) is 0 Å². The average molecular weight is 305 g/mol. The molecule has 1 amide bonds. The largest absolute Gasteiger partial charge is 0.389 e. The van der Waals surface area contributed by atoms with Crippen LogP contribution >= 0.6 is 12.2 Å². The molecule has 0 spiro atoms. The minimum absolute atomic E-state index is 0.0344. The first-order valence-electron chi connectivity index (χ1n) is 7.50. The molecule has 1 aromatic carbocycles. The number of benzene rings is 1. The van der Waals surface area contributed by atoms with Gasteiger partial charge in [-0.3, -0.25) is 9.69 Å². The van der Waals surface area contributed by atoms with E-state index in [9.17, 15) is 4.79 Å². The molecule has 0 atom stereocenters. The van der Waals surface area contributed by atoms with Gasteiger partial charge in [0.25, 0.3) is 0 Å². The highest BCUT2D eigenvalue weighted by Crippen LogP contribution is 2.29. The van der Waals surface area contributed by atoms with E-state index in [1.165, 1.54) is 12.8 Å². The first-order valence-corrected chi connectivity index (χ1v) is 7.91. The summed E-state index contributed by atoms with van der Waals surface area (Å²) in [4.78, 5) is 14.7. The lowest BCUT2D eigenvalue weighted by Crippen LogP contribution is -2.35. The standard InChI is InChI=1S/C16H23N3OS/c1-2-9-19(10-12-3-4-12)11-15(20)18-14-7-5-13(6-8-14)16(17)21/h5-8,12H,2-4,9-11H2,1H3,(H2,17,21)(H,18,20). The van der Waals surface area contributed by atoms with Crippen molar-refractivity contribution in [1.82, 2.24) is 4.90 Å². The molecule has 1 aliphatic rings. The predicted molar refractivity (Wildman–Crippen MR) is 90.4 cm³/mol. The second kappa shape index (κ2) is 7.52. The quantitative estimate of drug-likeness (QED) is 0.724. The monoisotopic (exact) mass is 305 g/mol. The number of carbonyl (C=O) groups is 1. The van der Waals surface area contributed by atoms with Crippen molar-refractivity contribution in [1.29, 1.82) is 0 Å². The molecule has 0 radical (unpaired) electrons. The Morgan fingerprint density at radius 3 is 2.57 bits per heavy atom. The van der Waals surface area contributed by atoms with Crippen LogP contribution in [0.1, 0.15) is 31.7 Å². The van der Waals surface area contributed by atoms with E-state index >= 15 is 0 Å². The molecule has 5 heteroatoms. The minimum atomic E-state index is 0.0344. The summed E-state index contributed by atoms with van der Waals surface area (Å²) in [6, 6.07) is 7.31. The van der Waals surface area contributed by atoms with Gasteiger partial charge < -0.3 is 11.1 Å². The lowest BCUT2D eigenvalue weighted by molar-refractivity contribution is -0.117. The molecule has 1 saturated carbocycles. The first-order chi connectivity index (χ1) is 10.1. The zero-order chi connectivity index (χ0) is 15.2. The summed E-state index contributed by atoms with van der Waals surface area (Å²) in [6.07, 6.45) is 3.69. The van der Waals surface area contributed by atoms with Gasteiger partial charge in [0, 0.05) is 17.8 Å². The summed E-state index contributed by atoms with van der Waals surface area (Å²) in [5.74, 6) is 0.835. The lowest BCUT2D eigenvalue weighted by Gasteiger charge is -2.20. The molecule has 3 N–H and O–H groups in total. The molecule has 0 unspecified atom stereocenters. The molecule has 0 bridgehead atoms. The Morgan fingerprint density at radius 1 is 1.38 bits per heavy atom. The molecule has 114 valence electrons. The second-order valence-corrected chi connectivity index (χ2v) is 6.11. The smallest absolute Gasteiger partial charge is 0.238 e. The highest BCUT2D eigenvalue weighted by atomic mass is 32.1. The Hall–Kier alpha value is -1.46. The third-order valence-corrected chi connectivity index (χ3v) is 3.81. The van der Waals surface area contributed by atoms with Gasteiger partial charge in [0.1, 0.15) is 4.99 Å². The van der Waals surface area contributed by atoms with E-state index in [1.54, 1.807) is 0 Å². The van der Waals surface area contributed by atoms with Crippen LogP contribution in [0.3, 0.4) is 0 Å². The van der Waals surface area contributed by atoms with Crippen molar-refractivity contribution >= 4 is 28.8 Å². The van der Waals surface area contributed by atoms with Gasteiger partial charge in [0.05, 0.1) is 6.54 Å². The van der Waals surface area contributed by atoms with Crippen LogP contribution in [0, 0.1) is 5.92 Å². The summed E-state index contributed by atoms with van der Waals surface area (Å²) >= 11 is 4.91. The molecule has 0 heterocycles. The number of nitrogens with zero attached hydrogens (tertiary/aromatic N) is 1. The van der Waals surface area contributed by atoms with Crippen LogP contribution < -0.4 is 11.1 Å². The van der Waals surface area contributed by atoms with Crippen LogP contribution in [0.25, 0.3) is 0 Å². The SMILES string of the molecule is CCCN(CC(=O)Nc1ccc(C(N)=S)cc1)CC1CC1. The normalized spacial score (nSPS) is 14.2. The van der Waals surface area contributed by atoms with Gasteiger partial charge in [0.15, 0.2) is 0 Å². The fourth-order valence-corrected chi connectivity index (χ4v) is 2.47. The molecule has 2 rings (SSSR count). The average Bonchev–Trinajstić information content (AvgIpc) is 3.23. The predicted octanol–water partition coefficient (Wildman–Crippen LogP) is 2.38. The number of anilines is 1. The van der Waals surface area contributed by atoms with Crippen molar-refractivity contribution in [3.05, 3.63) is 29.8 Å². The van der Waals surface area contributed by atoms with Crippen molar-refractivity contribution in [2.45, 2.75) is 26.2 Å². The third-order valence-electron chi connectivity index (χ3n) is 3.57. The Balaban J connectivity index is 1.85. The molecular formula is C16H23N3OS. The second-order valence-electron chi connectivity index (χ2n) is 5.67. The van der Waals surface area contributed by atoms with E-state index in [0.29, 0.717) is 11.5 Å². The van der Waals surface area contributed by atoms with Crippen LogP contribution in [0.2, 0.25) is 0 Å². The van der Waals surface area contributed by atoms with Gasteiger partial charge >= 0.3 is 0 Å². The molecule has 1 aromatic rings. The number of rotatable bonds is 8. The highest BCUT2D eigenvalue weighted by molar-refractivity contribution is 7.80. The zero-order valence-electron chi connectivity index (χ0n) is 12.5. The van der Waals surface area contributed by atoms with Crippen molar-refractivity contribution in [3.63, 3.8) is 0 Å². The summed E-state index contributed by atoms with van der Waals surface area (Å²) in [5, 5.41) is 2.93. The maximum atomic E-state index is 12.1. The van der Waals surface area contributed by atoms with E-state index in [4.69, 9.17) is 18.0 Å². The van der Waals surface area contributed by atoms with Crippen LogP contribution in [-0.2, 0) is 4.79 Å². The number of amides is 1. The Kier molecular flexibility index (Phi) is 5.70. The van der Waals surface area contributed by atoms with E-state index in [-0.39, 0.29) is 5.91 Å². The number of carbonyl (C=O) groups excluding carboxylic acids is 1. The molecular weight excluding hydrogens is 282 g/mol. The maximum Gasteiger partial charge on any atom is 0.238 e. The van der Waals surface area contributed by atoms with Crippen LogP contribution in [0.15, 0.2) is 24.3 Å². The number of hydrogen-bond acceptors (Lipinski definition) is 3. The van der Waals surface area contributed by atoms with Gasteiger partial charge in [-0.1, -0.05) is 19.1 Å². The number of nitrogens with two attached hydrogens (primary N) is 1. The van der Waals surface area contributed by atoms with Crippen LogP contribution in [0.4, 0.5) is 5.69 Å². The molecule has 1 fully saturated rings. The van der Waals surface area contributed by atoms with Gasteiger partial charge in [-0.25, -0.2) is 0 Å². The molecule has 4 nitrogen and oxygen atoms in total. The number of thiocarbonyl (C=S) groups is 1. The number of nitrogens with one attached hydrogen (secondary N) is 1. The Bertz CT molecular complexity index is 497. The number of hydrogen-bond donors (Lipinski definition) is 2. The summed E-state index contributed by atoms with van der Waals surface area (Å²) in [6.45, 7) is 4.62. The van der Waals surface area contributed by atoms with Crippen molar-refractivity contribution in [2.24, 2.45) is 11.7 Å². The van der Waals surface area contributed by atoms with Gasteiger partial charge in [-0.2, -0.15) is 0 Å². The van der Waals surface area contributed by atoms with E-state index < -0.39 is 0 Å². The Morgan fingerprint density at radius 2 is 2.05 bits per heavy atom. The van der Waals surface area contributed by atoms with Gasteiger partial charge in [0.2, 0.25) is 5.91 Å². The van der Waals surface area contributed by atoms with E-state index in [1.807, 2.05) is 24.3 Å². The zero-order valence-corrected chi connectivity index (χ0v) is 13.3. The minimum Gasteiger partial charge on any atom is -0.389 e. The lowest BCUT2D eigenvalue weighted by atomic mass is 10.2. The maximum absolute atomic E-state index is 12.1. The van der Waals surface area contributed by atoms with Crippen molar-refractivity contribution in [3.8, 4) is 0 Å². The molecule has 0 aromatic heterocycles. The molecule has 0 aliphatic heterocycles. The Labute approximate surface area is 131 Å². The van der Waals surface area contributed by atoms with Crippen molar-refractivity contribution in [2.75, 3.05) is 25.0 Å². The fraction of sp³-hybridized carbons (Fsp3) is 0.500. The molecule has 0 saturated heterocycles. The molecule has 21 heavy (non-hydrogen) atoms. The van der Waals surface area contributed by atoms with Crippen LogP contribution in [-0.4, -0.2) is 35.4 Å². The first kappa shape index (κ1) is 15.9. The van der Waals surface area contributed by atoms with E-state index in [0.717, 1.165) is 36.7 Å².